The summed E-state index contributed by atoms with van der Waals surface area (Å²) in [6.07, 6.45) is 3.35. The average molecular weight is 344 g/mol. The number of methoxy groups -OCH3 is 1. The minimum Gasteiger partial charge on any atom is -0.497 e. The fourth-order valence-corrected chi connectivity index (χ4v) is 3.12. The van der Waals surface area contributed by atoms with Crippen LogP contribution in [-0.4, -0.2) is 59.0 Å². The lowest BCUT2D eigenvalue weighted by atomic mass is 9.96. The highest BCUT2D eigenvalue weighted by Crippen LogP contribution is 2.28. The molecule has 1 aromatic carbocycles. The Kier molecular flexibility index (Phi) is 5.65. The van der Waals surface area contributed by atoms with Gasteiger partial charge >= 0.3 is 0 Å². The quantitative estimate of drug-likeness (QED) is 0.802. The Hall–Kier alpha value is -2.41. The number of ether oxygens (including phenoxy) is 2. The molecule has 0 unspecified atom stereocenters. The zero-order chi connectivity index (χ0) is 17.6. The van der Waals surface area contributed by atoms with Crippen molar-refractivity contribution in [2.45, 2.75) is 25.7 Å². The molecule has 1 saturated heterocycles. The van der Waals surface area contributed by atoms with Crippen LogP contribution in [0.2, 0.25) is 0 Å². The van der Waals surface area contributed by atoms with Crippen LogP contribution in [0.5, 0.6) is 5.75 Å². The first-order valence-electron chi connectivity index (χ1n) is 8.62. The molecule has 0 atom stereocenters. The summed E-state index contributed by atoms with van der Waals surface area (Å²) in [7, 11) is 1.65. The Balaban J connectivity index is 1.66. The predicted molar refractivity (Wildman–Crippen MR) is 93.0 cm³/mol. The van der Waals surface area contributed by atoms with Crippen LogP contribution in [0.15, 0.2) is 30.6 Å². The third-order valence-electron chi connectivity index (χ3n) is 4.53. The number of hydrogen-bond donors (Lipinski definition) is 0. The van der Waals surface area contributed by atoms with E-state index in [9.17, 15) is 4.79 Å². The Bertz CT molecular complexity index is 691. The maximum atomic E-state index is 12.1. The van der Waals surface area contributed by atoms with Gasteiger partial charge in [0.05, 0.1) is 12.8 Å². The topological polar surface area (TPSA) is 69.5 Å². The van der Waals surface area contributed by atoms with Gasteiger partial charge in [-0.25, -0.2) is 9.67 Å². The number of carbonyl (C=O) groups excluding carboxylic acids is 1. The first kappa shape index (κ1) is 17.4. The minimum absolute atomic E-state index is 0.0666. The molecule has 3 rings (SSSR count). The van der Waals surface area contributed by atoms with Gasteiger partial charge in [-0.15, -0.1) is 0 Å². The molecule has 7 nitrogen and oxygen atoms in total. The second kappa shape index (κ2) is 8.11. The van der Waals surface area contributed by atoms with Crippen LogP contribution < -0.4 is 4.74 Å². The zero-order valence-corrected chi connectivity index (χ0v) is 14.7. The van der Waals surface area contributed by atoms with Crippen LogP contribution >= 0.6 is 0 Å². The SMILES string of the molecule is CCOCC(=O)N1CCC(c2ncnn2-c2ccc(OC)cc2)CC1. The zero-order valence-electron chi connectivity index (χ0n) is 14.7. The number of amides is 1. The maximum Gasteiger partial charge on any atom is 0.248 e. The first-order chi connectivity index (χ1) is 12.2. The minimum atomic E-state index is 0.0666. The number of carbonyl (C=O) groups is 1. The second-order valence-electron chi connectivity index (χ2n) is 6.02. The van der Waals surface area contributed by atoms with Crippen LogP contribution in [-0.2, 0) is 9.53 Å². The summed E-state index contributed by atoms with van der Waals surface area (Å²) in [4.78, 5) is 18.4. The lowest BCUT2D eigenvalue weighted by molar-refractivity contribution is -0.137. The molecule has 25 heavy (non-hydrogen) atoms. The number of nitrogens with zero attached hydrogens (tertiary/aromatic N) is 4. The van der Waals surface area contributed by atoms with Crippen molar-refractivity contribution in [3.8, 4) is 11.4 Å². The van der Waals surface area contributed by atoms with E-state index in [1.165, 1.54) is 0 Å². The van der Waals surface area contributed by atoms with Crippen molar-refractivity contribution in [1.82, 2.24) is 19.7 Å². The molecule has 1 amide bonds. The van der Waals surface area contributed by atoms with Crippen molar-refractivity contribution in [3.63, 3.8) is 0 Å². The van der Waals surface area contributed by atoms with E-state index in [0.717, 1.165) is 43.2 Å². The van der Waals surface area contributed by atoms with Gasteiger partial charge in [0.25, 0.3) is 0 Å². The van der Waals surface area contributed by atoms with Gasteiger partial charge in [-0.05, 0) is 44.0 Å². The Morgan fingerprint density at radius 3 is 2.60 bits per heavy atom. The van der Waals surface area contributed by atoms with Gasteiger partial charge in [-0.3, -0.25) is 4.79 Å². The molecule has 0 aliphatic carbocycles. The highest BCUT2D eigenvalue weighted by molar-refractivity contribution is 5.77. The maximum absolute atomic E-state index is 12.1. The van der Waals surface area contributed by atoms with Crippen LogP contribution in [0.4, 0.5) is 0 Å². The molecule has 1 fully saturated rings. The van der Waals surface area contributed by atoms with Gasteiger partial charge in [0.15, 0.2) is 0 Å². The third kappa shape index (κ3) is 3.99. The summed E-state index contributed by atoms with van der Waals surface area (Å²) < 4.78 is 12.3. The smallest absolute Gasteiger partial charge is 0.248 e. The molecule has 1 aromatic heterocycles. The van der Waals surface area contributed by atoms with Crippen LogP contribution in [0.1, 0.15) is 31.5 Å². The van der Waals surface area contributed by atoms with Gasteiger partial charge < -0.3 is 14.4 Å². The van der Waals surface area contributed by atoms with E-state index in [-0.39, 0.29) is 12.5 Å². The highest BCUT2D eigenvalue weighted by atomic mass is 16.5. The van der Waals surface area contributed by atoms with Crippen molar-refractivity contribution in [3.05, 3.63) is 36.4 Å². The van der Waals surface area contributed by atoms with Crippen molar-refractivity contribution in [2.24, 2.45) is 0 Å². The van der Waals surface area contributed by atoms with E-state index >= 15 is 0 Å². The number of aromatic nitrogens is 3. The van der Waals surface area contributed by atoms with Crippen LogP contribution in [0.25, 0.3) is 5.69 Å². The summed E-state index contributed by atoms with van der Waals surface area (Å²) >= 11 is 0. The van der Waals surface area contributed by atoms with Gasteiger partial charge in [0.1, 0.15) is 24.5 Å². The molecule has 0 saturated carbocycles. The number of rotatable bonds is 6. The second-order valence-corrected chi connectivity index (χ2v) is 6.02. The van der Waals surface area contributed by atoms with Crippen LogP contribution in [0.3, 0.4) is 0 Å². The van der Waals surface area contributed by atoms with E-state index in [1.807, 2.05) is 40.8 Å². The predicted octanol–water partition coefficient (Wildman–Crippen LogP) is 2.02. The lowest BCUT2D eigenvalue weighted by Crippen LogP contribution is -2.40. The molecular weight excluding hydrogens is 320 g/mol. The molecule has 2 aromatic rings. The fourth-order valence-electron chi connectivity index (χ4n) is 3.12. The summed E-state index contributed by atoms with van der Waals surface area (Å²) in [5.74, 6) is 2.12. The molecular formula is C18H24N4O3. The third-order valence-corrected chi connectivity index (χ3v) is 4.53. The molecule has 1 aliphatic heterocycles. The van der Waals surface area contributed by atoms with Crippen molar-refractivity contribution in [2.75, 3.05) is 33.4 Å². The summed E-state index contributed by atoms with van der Waals surface area (Å²) in [5.41, 5.74) is 0.961. The molecule has 7 heteroatoms. The Labute approximate surface area is 147 Å². The van der Waals surface area contributed by atoms with E-state index < -0.39 is 0 Å². The number of likely N-dealkylation sites (tertiary alicyclic amines) is 1. The van der Waals surface area contributed by atoms with Gasteiger partial charge in [0, 0.05) is 25.6 Å². The number of hydrogen-bond acceptors (Lipinski definition) is 5. The van der Waals surface area contributed by atoms with Gasteiger partial charge in [0.2, 0.25) is 5.91 Å². The molecule has 0 N–H and O–H groups in total. The van der Waals surface area contributed by atoms with E-state index in [2.05, 4.69) is 10.1 Å². The highest BCUT2D eigenvalue weighted by Gasteiger charge is 2.27. The fraction of sp³-hybridized carbons (Fsp3) is 0.500. The first-order valence-corrected chi connectivity index (χ1v) is 8.62. The number of piperidine rings is 1. The van der Waals surface area contributed by atoms with Gasteiger partial charge in [-0.1, -0.05) is 0 Å². The Morgan fingerprint density at radius 2 is 1.96 bits per heavy atom. The van der Waals surface area contributed by atoms with E-state index in [0.29, 0.717) is 12.5 Å². The normalized spacial score (nSPS) is 15.4. The summed E-state index contributed by atoms with van der Waals surface area (Å²) in [6, 6.07) is 7.76. The molecule has 0 spiro atoms. The van der Waals surface area contributed by atoms with Crippen molar-refractivity contribution >= 4 is 5.91 Å². The molecule has 0 bridgehead atoms. The standard InChI is InChI=1S/C18H24N4O3/c1-3-25-12-17(23)21-10-8-14(9-11-21)18-19-13-20-22(18)15-4-6-16(24-2)7-5-15/h4-7,13-14H,3,8-12H2,1-2H3. The Morgan fingerprint density at radius 1 is 1.24 bits per heavy atom. The molecule has 134 valence electrons. The largest absolute Gasteiger partial charge is 0.497 e. The van der Waals surface area contributed by atoms with E-state index in [1.54, 1.807) is 13.4 Å². The van der Waals surface area contributed by atoms with Crippen molar-refractivity contribution < 1.29 is 14.3 Å². The lowest BCUT2D eigenvalue weighted by Gasteiger charge is -2.31. The van der Waals surface area contributed by atoms with Gasteiger partial charge in [-0.2, -0.15) is 5.10 Å². The summed E-state index contributed by atoms with van der Waals surface area (Å²) in [5, 5.41) is 4.38. The number of benzene rings is 1. The average Bonchev–Trinajstić information content (AvgIpc) is 3.16. The van der Waals surface area contributed by atoms with E-state index in [4.69, 9.17) is 9.47 Å². The summed E-state index contributed by atoms with van der Waals surface area (Å²) in [6.45, 7) is 4.08. The molecule has 2 heterocycles. The monoisotopic (exact) mass is 344 g/mol. The van der Waals surface area contributed by atoms with Crippen molar-refractivity contribution in [1.29, 1.82) is 0 Å². The van der Waals surface area contributed by atoms with Crippen LogP contribution in [0, 0.1) is 0 Å². The molecule has 0 radical (unpaired) electrons. The molecule has 1 aliphatic rings.